The highest BCUT2D eigenvalue weighted by atomic mass is 16.3. The molecule has 3 rings (SSSR count). The lowest BCUT2D eigenvalue weighted by Crippen LogP contribution is -2.40. The van der Waals surface area contributed by atoms with Gasteiger partial charge >= 0.3 is 6.03 Å². The van der Waals surface area contributed by atoms with Crippen LogP contribution in [0.5, 0.6) is 0 Å². The third kappa shape index (κ3) is 4.95. The number of anilines is 1. The molecule has 0 aliphatic carbocycles. The van der Waals surface area contributed by atoms with E-state index in [1.807, 2.05) is 11.0 Å². The smallest absolute Gasteiger partial charge is 0.317 e. The van der Waals surface area contributed by atoms with Crippen molar-refractivity contribution in [2.75, 3.05) is 25.9 Å². The number of nitrogens with one attached hydrogen (secondary N) is 1. The van der Waals surface area contributed by atoms with Gasteiger partial charge in [-0.2, -0.15) is 0 Å². The third-order valence-corrected chi connectivity index (χ3v) is 4.75. The maximum atomic E-state index is 12.4. The first-order chi connectivity index (χ1) is 12.6. The lowest BCUT2D eigenvalue weighted by atomic mass is 10.1. The van der Waals surface area contributed by atoms with E-state index >= 15 is 0 Å². The highest BCUT2D eigenvalue weighted by molar-refractivity contribution is 5.74. The molecule has 2 amide bonds. The molecule has 0 radical (unpaired) electrons. The Balaban J connectivity index is 1.48. The van der Waals surface area contributed by atoms with E-state index in [0.29, 0.717) is 24.9 Å². The van der Waals surface area contributed by atoms with Crippen LogP contribution in [0.4, 0.5) is 10.6 Å². The summed E-state index contributed by atoms with van der Waals surface area (Å²) in [7, 11) is 2.08. The van der Waals surface area contributed by atoms with Gasteiger partial charge in [0.1, 0.15) is 11.6 Å². The second-order valence-corrected chi connectivity index (χ2v) is 6.67. The van der Waals surface area contributed by atoms with Crippen LogP contribution >= 0.6 is 0 Å². The number of urea groups is 1. The van der Waals surface area contributed by atoms with Gasteiger partial charge in [-0.1, -0.05) is 0 Å². The number of likely N-dealkylation sites (tertiary alicyclic amines) is 1. The van der Waals surface area contributed by atoms with Gasteiger partial charge in [0.25, 0.3) is 0 Å². The molecule has 1 fully saturated rings. The van der Waals surface area contributed by atoms with E-state index in [1.165, 1.54) is 0 Å². The van der Waals surface area contributed by atoms with Crippen LogP contribution < -0.4 is 11.1 Å². The lowest BCUT2D eigenvalue weighted by molar-refractivity contribution is 0.190. The fraction of sp³-hybridized carbons (Fsp3) is 0.500. The van der Waals surface area contributed by atoms with E-state index in [1.54, 1.807) is 24.8 Å². The fourth-order valence-electron chi connectivity index (χ4n) is 3.25. The zero-order valence-electron chi connectivity index (χ0n) is 15.1. The van der Waals surface area contributed by atoms with Gasteiger partial charge < -0.3 is 20.4 Å². The Hall–Kier alpha value is -2.61. The summed E-state index contributed by atoms with van der Waals surface area (Å²) >= 11 is 0. The van der Waals surface area contributed by atoms with E-state index in [0.717, 1.165) is 43.7 Å². The molecular weight excluding hydrogens is 332 g/mol. The molecule has 0 spiro atoms. The number of furan rings is 1. The number of carbonyl (C=O) groups is 1. The van der Waals surface area contributed by atoms with Gasteiger partial charge in [0.05, 0.1) is 19.1 Å². The second-order valence-electron chi connectivity index (χ2n) is 6.67. The van der Waals surface area contributed by atoms with E-state index in [-0.39, 0.29) is 6.03 Å². The van der Waals surface area contributed by atoms with Crippen LogP contribution in [0.25, 0.3) is 0 Å². The summed E-state index contributed by atoms with van der Waals surface area (Å²) < 4.78 is 5.02. The molecule has 2 aromatic rings. The zero-order chi connectivity index (χ0) is 18.4. The van der Waals surface area contributed by atoms with Crippen molar-refractivity contribution in [1.82, 2.24) is 25.1 Å². The molecule has 1 aliphatic rings. The molecule has 0 bridgehead atoms. The van der Waals surface area contributed by atoms with Crippen LogP contribution in [-0.2, 0) is 13.1 Å². The molecule has 3 N–H and O–H groups in total. The monoisotopic (exact) mass is 358 g/mol. The number of hydrogen-bond acceptors (Lipinski definition) is 6. The van der Waals surface area contributed by atoms with Crippen molar-refractivity contribution < 1.29 is 9.21 Å². The average molecular weight is 358 g/mol. The van der Waals surface area contributed by atoms with Crippen molar-refractivity contribution in [1.29, 1.82) is 0 Å². The Labute approximate surface area is 153 Å². The summed E-state index contributed by atoms with van der Waals surface area (Å²) in [4.78, 5) is 25.1. The summed E-state index contributed by atoms with van der Waals surface area (Å²) in [5.41, 5.74) is 6.69. The number of nitrogen functional groups attached to an aromatic ring is 1. The maximum Gasteiger partial charge on any atom is 0.317 e. The van der Waals surface area contributed by atoms with Gasteiger partial charge in [0.2, 0.25) is 0 Å². The molecule has 0 aromatic carbocycles. The van der Waals surface area contributed by atoms with Crippen LogP contribution in [0.3, 0.4) is 0 Å². The largest absolute Gasteiger partial charge is 0.472 e. The molecule has 3 heterocycles. The Bertz CT molecular complexity index is 705. The predicted octanol–water partition coefficient (Wildman–Crippen LogP) is 1.85. The summed E-state index contributed by atoms with van der Waals surface area (Å²) in [5.74, 6) is 1.22. The number of carbonyl (C=O) groups excluding carboxylic acids is 1. The van der Waals surface area contributed by atoms with Crippen LogP contribution in [0, 0.1) is 0 Å². The minimum Gasteiger partial charge on any atom is -0.472 e. The van der Waals surface area contributed by atoms with Crippen molar-refractivity contribution in [2.24, 2.45) is 0 Å². The summed E-state index contributed by atoms with van der Waals surface area (Å²) in [6.45, 7) is 2.66. The number of amides is 2. The molecular formula is C18H26N6O2. The van der Waals surface area contributed by atoms with Gasteiger partial charge in [-0.15, -0.1) is 0 Å². The van der Waals surface area contributed by atoms with Gasteiger partial charge in [0.15, 0.2) is 0 Å². The molecule has 0 unspecified atom stereocenters. The zero-order valence-corrected chi connectivity index (χ0v) is 15.1. The predicted molar refractivity (Wildman–Crippen MR) is 98.1 cm³/mol. The van der Waals surface area contributed by atoms with E-state index in [9.17, 15) is 4.79 Å². The number of aromatic nitrogens is 2. The molecule has 8 heteroatoms. The van der Waals surface area contributed by atoms with Crippen LogP contribution in [0.2, 0.25) is 0 Å². The Morgan fingerprint density at radius 2 is 2.31 bits per heavy atom. The number of rotatable bonds is 5. The minimum absolute atomic E-state index is 0.0198. The highest BCUT2D eigenvalue weighted by Crippen LogP contribution is 2.17. The Morgan fingerprint density at radius 1 is 1.42 bits per heavy atom. The minimum atomic E-state index is -0.0198. The van der Waals surface area contributed by atoms with Crippen molar-refractivity contribution in [3.05, 3.63) is 42.2 Å². The quantitative estimate of drug-likeness (QED) is 0.846. The molecule has 1 saturated heterocycles. The maximum absolute atomic E-state index is 12.4. The molecule has 1 aliphatic heterocycles. The number of hydrogen-bond donors (Lipinski definition) is 2. The third-order valence-electron chi connectivity index (χ3n) is 4.75. The first-order valence-corrected chi connectivity index (χ1v) is 8.93. The van der Waals surface area contributed by atoms with Crippen LogP contribution in [0.1, 0.15) is 30.7 Å². The normalized spacial score (nSPS) is 17.9. The van der Waals surface area contributed by atoms with Gasteiger partial charge in [-0.25, -0.2) is 14.8 Å². The SMILES string of the molecule is CN(Cc1nccc(N)n1)[C@@H]1CCCN(C(=O)NCc2ccoc2)CC1. The molecule has 2 aromatic heterocycles. The van der Waals surface area contributed by atoms with Crippen LogP contribution in [-0.4, -0.2) is 52.0 Å². The fourth-order valence-corrected chi connectivity index (χ4v) is 3.25. The summed E-state index contributed by atoms with van der Waals surface area (Å²) in [5, 5.41) is 2.95. The highest BCUT2D eigenvalue weighted by Gasteiger charge is 2.23. The topological polar surface area (TPSA) is 101 Å². The van der Waals surface area contributed by atoms with E-state index in [2.05, 4.69) is 27.2 Å². The number of nitrogens with two attached hydrogens (primary N) is 1. The van der Waals surface area contributed by atoms with Crippen molar-refractivity contribution in [2.45, 2.75) is 38.4 Å². The van der Waals surface area contributed by atoms with Crippen LogP contribution in [0.15, 0.2) is 35.3 Å². The molecule has 26 heavy (non-hydrogen) atoms. The first-order valence-electron chi connectivity index (χ1n) is 8.93. The summed E-state index contributed by atoms with van der Waals surface area (Å²) in [6.07, 6.45) is 7.89. The first kappa shape index (κ1) is 18.2. The van der Waals surface area contributed by atoms with E-state index < -0.39 is 0 Å². The molecule has 8 nitrogen and oxygen atoms in total. The van der Waals surface area contributed by atoms with Gasteiger partial charge in [-0.3, -0.25) is 4.90 Å². The van der Waals surface area contributed by atoms with E-state index in [4.69, 9.17) is 10.2 Å². The summed E-state index contributed by atoms with van der Waals surface area (Å²) in [6, 6.07) is 3.92. The van der Waals surface area contributed by atoms with Crippen molar-refractivity contribution in [3.63, 3.8) is 0 Å². The van der Waals surface area contributed by atoms with Gasteiger partial charge in [0, 0.05) is 37.4 Å². The molecule has 1 atom stereocenters. The van der Waals surface area contributed by atoms with Crippen molar-refractivity contribution in [3.8, 4) is 0 Å². The molecule has 0 saturated carbocycles. The second kappa shape index (κ2) is 8.66. The molecule has 140 valence electrons. The number of nitrogens with zero attached hydrogens (tertiary/aromatic N) is 4. The Morgan fingerprint density at radius 3 is 3.08 bits per heavy atom. The lowest BCUT2D eigenvalue weighted by Gasteiger charge is -2.26. The van der Waals surface area contributed by atoms with Crippen molar-refractivity contribution >= 4 is 11.8 Å². The Kier molecular flexibility index (Phi) is 6.06. The van der Waals surface area contributed by atoms with Gasteiger partial charge in [-0.05, 0) is 38.4 Å². The standard InChI is InChI=1S/C18H26N6O2/c1-23(12-17-20-7-4-16(19)22-17)15-3-2-8-24(9-5-15)18(25)21-11-14-6-10-26-13-14/h4,6-7,10,13,15H,2-3,5,8-9,11-12H2,1H3,(H,21,25)(H2,19,20,22)/t15-/m1/s1. The average Bonchev–Trinajstić information content (AvgIpc) is 3.02.